The molecule has 0 spiro atoms. The molecule has 0 aliphatic heterocycles. The van der Waals surface area contributed by atoms with Crippen LogP contribution in [0.1, 0.15) is 11.3 Å². The van der Waals surface area contributed by atoms with Gasteiger partial charge in [0.15, 0.2) is 0 Å². The van der Waals surface area contributed by atoms with Crippen LogP contribution in [0.4, 0.5) is 10.3 Å². The molecule has 0 radical (unpaired) electrons. The summed E-state index contributed by atoms with van der Waals surface area (Å²) in [4.78, 5) is 4.32. The molecule has 0 saturated carbocycles. The summed E-state index contributed by atoms with van der Waals surface area (Å²) >= 11 is 0. The zero-order valence-electron chi connectivity index (χ0n) is 10.1. The zero-order chi connectivity index (χ0) is 12.3. The first-order valence-electron chi connectivity index (χ1n) is 5.65. The average Bonchev–Trinajstić information content (AvgIpc) is 2.69. The summed E-state index contributed by atoms with van der Waals surface area (Å²) in [5.41, 5.74) is 1.70. The second-order valence-corrected chi connectivity index (χ2v) is 3.99. The lowest BCUT2D eigenvalue weighted by molar-refractivity contribution is 0.594. The van der Waals surface area contributed by atoms with E-state index in [4.69, 9.17) is 0 Å². The minimum atomic E-state index is -0.143. The third-order valence-electron chi connectivity index (χ3n) is 2.70. The molecule has 0 fully saturated rings. The van der Waals surface area contributed by atoms with Crippen LogP contribution in [0.5, 0.6) is 0 Å². The smallest absolute Gasteiger partial charge is 0.202 e. The number of hydrogen-bond acceptors (Lipinski definition) is 2. The van der Waals surface area contributed by atoms with E-state index in [2.05, 4.69) is 10.3 Å². The maximum absolute atomic E-state index is 13.4. The lowest BCUT2D eigenvalue weighted by atomic mass is 10.1. The van der Waals surface area contributed by atoms with Gasteiger partial charge in [-0.15, -0.1) is 0 Å². The number of aromatic nitrogens is 2. The van der Waals surface area contributed by atoms with E-state index in [1.54, 1.807) is 6.07 Å². The van der Waals surface area contributed by atoms with E-state index in [1.165, 1.54) is 6.07 Å². The third-order valence-corrected chi connectivity index (χ3v) is 2.70. The summed E-state index contributed by atoms with van der Waals surface area (Å²) in [7, 11) is 1.83. The summed E-state index contributed by atoms with van der Waals surface area (Å²) < 4.78 is 15.4. The van der Waals surface area contributed by atoms with Crippen LogP contribution in [0, 0.1) is 12.7 Å². The van der Waals surface area contributed by atoms with Gasteiger partial charge in [-0.3, -0.25) is 0 Å². The minimum absolute atomic E-state index is 0.143. The quantitative estimate of drug-likeness (QED) is 0.879. The van der Waals surface area contributed by atoms with Crippen molar-refractivity contribution in [2.45, 2.75) is 19.9 Å². The van der Waals surface area contributed by atoms with Gasteiger partial charge in [-0.05, 0) is 25.0 Å². The predicted molar refractivity (Wildman–Crippen MR) is 66.6 cm³/mol. The first-order valence-corrected chi connectivity index (χ1v) is 5.65. The number of halogens is 1. The van der Waals surface area contributed by atoms with Gasteiger partial charge >= 0.3 is 0 Å². The summed E-state index contributed by atoms with van der Waals surface area (Å²) in [5.74, 6) is 0.675. The van der Waals surface area contributed by atoms with E-state index < -0.39 is 0 Å². The Morgan fingerprint density at radius 3 is 2.82 bits per heavy atom. The highest BCUT2D eigenvalue weighted by Gasteiger charge is 2.05. The van der Waals surface area contributed by atoms with Crippen LogP contribution in [0.25, 0.3) is 0 Å². The highest BCUT2D eigenvalue weighted by atomic mass is 19.1. The minimum Gasteiger partial charge on any atom is -0.359 e. The normalized spacial score (nSPS) is 10.5. The van der Waals surface area contributed by atoms with Gasteiger partial charge in [0, 0.05) is 19.8 Å². The maximum atomic E-state index is 13.4. The molecule has 0 saturated heterocycles. The molecule has 0 amide bonds. The molecular weight excluding hydrogens is 217 g/mol. The molecule has 4 heteroatoms. The molecule has 1 N–H and O–H groups in total. The molecule has 2 rings (SSSR count). The van der Waals surface area contributed by atoms with E-state index in [0.717, 1.165) is 23.8 Å². The fourth-order valence-electron chi connectivity index (χ4n) is 1.86. The number of hydrogen-bond donors (Lipinski definition) is 1. The van der Waals surface area contributed by atoms with E-state index >= 15 is 0 Å². The fourth-order valence-corrected chi connectivity index (χ4v) is 1.86. The van der Waals surface area contributed by atoms with Crippen molar-refractivity contribution in [3.63, 3.8) is 0 Å². The number of anilines is 1. The van der Waals surface area contributed by atoms with Crippen molar-refractivity contribution < 1.29 is 4.39 Å². The number of rotatable bonds is 4. The molecule has 17 heavy (non-hydrogen) atoms. The lowest BCUT2D eigenvalue weighted by Gasteiger charge is -2.07. The molecule has 1 aromatic heterocycles. The Morgan fingerprint density at radius 2 is 2.12 bits per heavy atom. The topological polar surface area (TPSA) is 29.9 Å². The Hall–Kier alpha value is -1.84. The van der Waals surface area contributed by atoms with Gasteiger partial charge in [0.2, 0.25) is 5.95 Å². The molecule has 90 valence electrons. The van der Waals surface area contributed by atoms with E-state index in [9.17, 15) is 4.39 Å². The van der Waals surface area contributed by atoms with Crippen molar-refractivity contribution in [3.05, 3.63) is 47.5 Å². The Balaban J connectivity index is 2.09. The van der Waals surface area contributed by atoms with Gasteiger partial charge < -0.3 is 9.88 Å². The van der Waals surface area contributed by atoms with E-state index in [0.29, 0.717) is 6.42 Å². The number of imidazole rings is 1. The number of benzene rings is 1. The molecule has 2 aromatic rings. The Kier molecular flexibility index (Phi) is 3.42. The van der Waals surface area contributed by atoms with Crippen molar-refractivity contribution in [2.24, 2.45) is 0 Å². The molecule has 3 nitrogen and oxygen atoms in total. The van der Waals surface area contributed by atoms with Crippen LogP contribution in [0.3, 0.4) is 0 Å². The number of nitrogens with zero attached hydrogens (tertiary/aromatic N) is 2. The molecule has 0 unspecified atom stereocenters. The largest absolute Gasteiger partial charge is 0.359 e. The summed E-state index contributed by atoms with van der Waals surface area (Å²) in [5, 5.41) is 3.03. The van der Waals surface area contributed by atoms with Crippen LogP contribution in [-0.4, -0.2) is 16.6 Å². The number of nitrogens with one attached hydrogen (secondary N) is 1. The first kappa shape index (κ1) is 11.6. The Labute approximate surface area is 100 Å². The standard InChI is InChI=1S/C13H16FN3/c1-10-9-17(13(15-2)16-10)8-7-11-5-3-4-6-12(11)14/h3-6,9H,7-8H2,1-2H3,(H,15,16). The SMILES string of the molecule is CNc1nc(C)cn1CCc1ccccc1F. The number of aryl methyl sites for hydroxylation is 3. The van der Waals surface area contributed by atoms with Crippen LogP contribution in [0.2, 0.25) is 0 Å². The monoisotopic (exact) mass is 233 g/mol. The second-order valence-electron chi connectivity index (χ2n) is 3.99. The van der Waals surface area contributed by atoms with Gasteiger partial charge in [-0.2, -0.15) is 0 Å². The van der Waals surface area contributed by atoms with E-state index in [1.807, 2.05) is 36.9 Å². The van der Waals surface area contributed by atoms with Crippen molar-refractivity contribution in [2.75, 3.05) is 12.4 Å². The summed E-state index contributed by atoms with van der Waals surface area (Å²) in [6, 6.07) is 6.88. The van der Waals surface area contributed by atoms with Crippen LogP contribution >= 0.6 is 0 Å². The molecule has 0 aliphatic carbocycles. The van der Waals surface area contributed by atoms with Crippen LogP contribution in [-0.2, 0) is 13.0 Å². The first-order chi connectivity index (χ1) is 8.20. The zero-order valence-corrected chi connectivity index (χ0v) is 10.1. The average molecular weight is 233 g/mol. The van der Waals surface area contributed by atoms with Gasteiger partial charge in [0.05, 0.1) is 5.69 Å². The van der Waals surface area contributed by atoms with Crippen molar-refractivity contribution >= 4 is 5.95 Å². The highest BCUT2D eigenvalue weighted by Crippen LogP contribution is 2.12. The van der Waals surface area contributed by atoms with Gasteiger partial charge in [0.1, 0.15) is 5.82 Å². The fraction of sp³-hybridized carbons (Fsp3) is 0.308. The lowest BCUT2D eigenvalue weighted by Crippen LogP contribution is -2.05. The maximum Gasteiger partial charge on any atom is 0.202 e. The molecule has 1 aromatic carbocycles. The molecule has 0 atom stereocenters. The summed E-state index contributed by atoms with van der Waals surface area (Å²) in [6.45, 7) is 2.67. The Morgan fingerprint density at radius 1 is 1.35 bits per heavy atom. The van der Waals surface area contributed by atoms with Gasteiger partial charge in [0.25, 0.3) is 0 Å². The molecular formula is C13H16FN3. The van der Waals surface area contributed by atoms with Crippen molar-refractivity contribution in [1.82, 2.24) is 9.55 Å². The van der Waals surface area contributed by atoms with Crippen molar-refractivity contribution in [1.29, 1.82) is 0 Å². The van der Waals surface area contributed by atoms with E-state index in [-0.39, 0.29) is 5.82 Å². The van der Waals surface area contributed by atoms with Gasteiger partial charge in [-0.1, -0.05) is 18.2 Å². The van der Waals surface area contributed by atoms with Crippen molar-refractivity contribution in [3.8, 4) is 0 Å². The van der Waals surface area contributed by atoms with Gasteiger partial charge in [-0.25, -0.2) is 9.37 Å². The molecule has 0 aliphatic rings. The van der Waals surface area contributed by atoms with Crippen LogP contribution in [0.15, 0.2) is 30.5 Å². The predicted octanol–water partition coefficient (Wildman–Crippen LogP) is 2.62. The molecule has 1 heterocycles. The second kappa shape index (κ2) is 4.99. The molecule has 0 bridgehead atoms. The summed E-state index contributed by atoms with van der Waals surface area (Å²) in [6.07, 6.45) is 2.63. The highest BCUT2D eigenvalue weighted by molar-refractivity contribution is 5.28. The third kappa shape index (κ3) is 2.64. The Bertz CT molecular complexity index is 505. The van der Waals surface area contributed by atoms with Crippen LogP contribution < -0.4 is 5.32 Å².